The molecular formula is C77H150O17P2. The summed E-state index contributed by atoms with van der Waals surface area (Å²) in [6.07, 6.45) is 62.5. The van der Waals surface area contributed by atoms with Gasteiger partial charge in [0.2, 0.25) is 0 Å². The van der Waals surface area contributed by atoms with E-state index in [4.69, 9.17) is 37.0 Å². The smallest absolute Gasteiger partial charge is 0.462 e. The molecule has 0 spiro atoms. The van der Waals surface area contributed by atoms with Gasteiger partial charge in [0, 0.05) is 25.7 Å². The quantitative estimate of drug-likeness (QED) is 0.0222. The van der Waals surface area contributed by atoms with Crippen LogP contribution < -0.4 is 0 Å². The number of hydrogen-bond donors (Lipinski definition) is 3. The number of ether oxygens (including phenoxy) is 4. The maximum absolute atomic E-state index is 13.1. The first-order chi connectivity index (χ1) is 46.7. The van der Waals surface area contributed by atoms with Crippen molar-refractivity contribution < 1.29 is 80.2 Å². The number of carbonyl (C=O) groups is 4. The Morgan fingerprint density at radius 1 is 0.250 bits per heavy atom. The van der Waals surface area contributed by atoms with E-state index in [0.717, 1.165) is 89.9 Å². The second kappa shape index (κ2) is 71.5. The lowest BCUT2D eigenvalue weighted by molar-refractivity contribution is -0.161. The van der Waals surface area contributed by atoms with Crippen molar-refractivity contribution in [2.45, 2.75) is 431 Å². The molecule has 0 aliphatic rings. The van der Waals surface area contributed by atoms with Crippen LogP contribution in [-0.2, 0) is 65.4 Å². The molecule has 0 aliphatic carbocycles. The number of aliphatic hydroxyl groups is 1. The molecule has 0 radical (unpaired) electrons. The van der Waals surface area contributed by atoms with Gasteiger partial charge in [-0.3, -0.25) is 37.3 Å². The molecule has 19 heteroatoms. The molecule has 0 aromatic carbocycles. The predicted molar refractivity (Wildman–Crippen MR) is 391 cm³/mol. The third-order valence-electron chi connectivity index (χ3n) is 18.1. The van der Waals surface area contributed by atoms with Gasteiger partial charge in [0.25, 0.3) is 0 Å². The van der Waals surface area contributed by atoms with Crippen LogP contribution in [0.4, 0.5) is 0 Å². The summed E-state index contributed by atoms with van der Waals surface area (Å²) in [6, 6.07) is 0. The van der Waals surface area contributed by atoms with Crippen molar-refractivity contribution in [2.75, 3.05) is 39.6 Å². The van der Waals surface area contributed by atoms with Crippen LogP contribution in [0.15, 0.2) is 0 Å². The van der Waals surface area contributed by atoms with Crippen LogP contribution in [0.3, 0.4) is 0 Å². The molecule has 17 nitrogen and oxygen atoms in total. The molecule has 0 bridgehead atoms. The van der Waals surface area contributed by atoms with Crippen molar-refractivity contribution in [2.24, 2.45) is 0 Å². The van der Waals surface area contributed by atoms with Gasteiger partial charge in [-0.05, 0) is 25.7 Å². The van der Waals surface area contributed by atoms with Crippen LogP contribution in [0.5, 0.6) is 0 Å². The molecule has 0 saturated heterocycles. The second-order valence-corrected chi connectivity index (χ2v) is 30.7. The number of phosphoric ester groups is 2. The number of esters is 4. The molecule has 5 atom stereocenters. The highest BCUT2D eigenvalue weighted by Crippen LogP contribution is 2.45. The van der Waals surface area contributed by atoms with E-state index in [2.05, 4.69) is 27.7 Å². The van der Waals surface area contributed by atoms with Crippen LogP contribution in [0.1, 0.15) is 413 Å². The lowest BCUT2D eigenvalue weighted by atomic mass is 10.0. The van der Waals surface area contributed by atoms with E-state index >= 15 is 0 Å². The minimum Gasteiger partial charge on any atom is -0.462 e. The van der Waals surface area contributed by atoms with E-state index < -0.39 is 97.5 Å². The molecule has 0 saturated carbocycles. The number of unbranched alkanes of at least 4 members (excludes halogenated alkanes) is 52. The van der Waals surface area contributed by atoms with Gasteiger partial charge >= 0.3 is 39.5 Å². The molecule has 96 heavy (non-hydrogen) atoms. The van der Waals surface area contributed by atoms with Crippen molar-refractivity contribution >= 4 is 39.5 Å². The number of hydrogen-bond acceptors (Lipinski definition) is 15. The number of phosphoric acid groups is 2. The fraction of sp³-hybridized carbons (Fsp3) is 0.948. The average molecular weight is 1410 g/mol. The summed E-state index contributed by atoms with van der Waals surface area (Å²) in [7, 11) is -9.90. The van der Waals surface area contributed by atoms with E-state index in [9.17, 15) is 43.2 Å². The Morgan fingerprint density at radius 3 is 0.615 bits per heavy atom. The largest absolute Gasteiger partial charge is 0.472 e. The summed E-state index contributed by atoms with van der Waals surface area (Å²) >= 11 is 0. The van der Waals surface area contributed by atoms with Gasteiger partial charge in [0.05, 0.1) is 26.4 Å². The van der Waals surface area contributed by atoms with Gasteiger partial charge in [-0.1, -0.05) is 362 Å². The SMILES string of the molecule is CCCCCCCCCCCCCCCCCCCCCCCCC(=O)O[C@H](COC(=O)CCCCCCCCCCCCCCCC)COP(=O)(O)OC[C@@H](O)COP(=O)(O)OC[C@@H](COC(=O)CCCCCCCCCCCC)OC(=O)CCCCCCCCCCCC. The Hall–Kier alpha value is -1.94. The molecule has 570 valence electrons. The van der Waals surface area contributed by atoms with Crippen molar-refractivity contribution in [1.29, 1.82) is 0 Å². The highest BCUT2D eigenvalue weighted by Gasteiger charge is 2.30. The third kappa shape index (κ3) is 70.5. The highest BCUT2D eigenvalue weighted by molar-refractivity contribution is 7.47. The van der Waals surface area contributed by atoms with Crippen molar-refractivity contribution in [3.63, 3.8) is 0 Å². The first-order valence-corrected chi connectivity index (χ1v) is 43.3. The molecule has 3 N–H and O–H groups in total. The van der Waals surface area contributed by atoms with Gasteiger partial charge in [0.15, 0.2) is 12.2 Å². The van der Waals surface area contributed by atoms with Gasteiger partial charge in [-0.15, -0.1) is 0 Å². The van der Waals surface area contributed by atoms with E-state index in [1.807, 2.05) is 0 Å². The minimum absolute atomic E-state index is 0.107. The highest BCUT2D eigenvalue weighted by atomic mass is 31.2. The maximum atomic E-state index is 13.1. The Balaban J connectivity index is 5.16. The van der Waals surface area contributed by atoms with E-state index in [1.54, 1.807) is 0 Å². The average Bonchev–Trinajstić information content (AvgIpc) is 1.37. The lowest BCUT2D eigenvalue weighted by Gasteiger charge is -2.21. The normalized spacial score (nSPS) is 13.9. The number of rotatable bonds is 78. The minimum atomic E-state index is -4.96. The molecule has 0 aromatic rings. The summed E-state index contributed by atoms with van der Waals surface area (Å²) in [5.41, 5.74) is 0. The van der Waals surface area contributed by atoms with Crippen molar-refractivity contribution in [3.8, 4) is 0 Å². The zero-order valence-corrected chi connectivity index (χ0v) is 64.1. The van der Waals surface area contributed by atoms with E-state index in [1.165, 1.54) is 244 Å². The molecule has 0 aliphatic heterocycles. The Bertz CT molecular complexity index is 1830. The van der Waals surface area contributed by atoms with E-state index in [0.29, 0.717) is 25.7 Å². The Morgan fingerprint density at radius 2 is 0.417 bits per heavy atom. The molecule has 0 heterocycles. The first kappa shape index (κ1) is 94.1. The molecule has 2 unspecified atom stereocenters. The standard InChI is InChI=1S/C77H150O17P2/c1-5-9-13-17-21-25-29-31-33-34-35-36-37-38-39-40-42-44-48-52-56-60-64-77(82)94-73(68-88-75(80)62-58-54-50-47-43-41-32-30-26-22-18-14-10-6-2)70-92-96(85,86)90-66-71(78)65-89-95(83,84)91-69-72(93-76(81)63-59-55-51-46-28-24-20-16-12-8-4)67-87-74(79)61-57-53-49-45-27-23-19-15-11-7-3/h71-73,78H,5-70H2,1-4H3,(H,83,84)(H,85,86)/t71-,72+,73+/m0/s1. The summed E-state index contributed by atoms with van der Waals surface area (Å²) in [5, 5.41) is 10.6. The fourth-order valence-corrected chi connectivity index (χ4v) is 13.5. The molecule has 0 fully saturated rings. The topological polar surface area (TPSA) is 237 Å². The van der Waals surface area contributed by atoms with Gasteiger partial charge in [0.1, 0.15) is 19.3 Å². The fourth-order valence-electron chi connectivity index (χ4n) is 11.9. The van der Waals surface area contributed by atoms with Crippen LogP contribution in [0, 0.1) is 0 Å². The number of aliphatic hydroxyl groups excluding tert-OH is 1. The zero-order valence-electron chi connectivity index (χ0n) is 62.4. The summed E-state index contributed by atoms with van der Waals surface area (Å²) in [6.45, 7) is 4.97. The van der Waals surface area contributed by atoms with Gasteiger partial charge in [-0.25, -0.2) is 9.13 Å². The summed E-state index contributed by atoms with van der Waals surface area (Å²) in [5.74, 6) is -2.11. The summed E-state index contributed by atoms with van der Waals surface area (Å²) < 4.78 is 68.5. The van der Waals surface area contributed by atoms with Crippen molar-refractivity contribution in [3.05, 3.63) is 0 Å². The Kier molecular flexibility index (Phi) is 70.0. The van der Waals surface area contributed by atoms with Crippen molar-refractivity contribution in [1.82, 2.24) is 0 Å². The van der Waals surface area contributed by atoms with Gasteiger partial charge in [-0.2, -0.15) is 0 Å². The van der Waals surface area contributed by atoms with Crippen LogP contribution in [0.2, 0.25) is 0 Å². The zero-order chi connectivity index (χ0) is 70.4. The van der Waals surface area contributed by atoms with Crippen LogP contribution in [0.25, 0.3) is 0 Å². The predicted octanol–water partition coefficient (Wildman–Crippen LogP) is 23.0. The monoisotopic (exact) mass is 1410 g/mol. The van der Waals surface area contributed by atoms with Gasteiger partial charge < -0.3 is 33.8 Å². The number of carbonyl (C=O) groups excluding carboxylic acids is 4. The molecule has 0 rings (SSSR count). The maximum Gasteiger partial charge on any atom is 0.472 e. The van der Waals surface area contributed by atoms with Crippen LogP contribution in [-0.4, -0.2) is 96.7 Å². The van der Waals surface area contributed by atoms with Crippen LogP contribution >= 0.6 is 15.6 Å². The lowest BCUT2D eigenvalue weighted by Crippen LogP contribution is -2.30. The second-order valence-electron chi connectivity index (χ2n) is 27.7. The Labute approximate surface area is 588 Å². The molecular weight excluding hydrogens is 1260 g/mol. The van der Waals surface area contributed by atoms with E-state index in [-0.39, 0.29) is 25.7 Å². The summed E-state index contributed by atoms with van der Waals surface area (Å²) in [4.78, 5) is 72.7. The first-order valence-electron chi connectivity index (χ1n) is 40.3. The molecule has 0 amide bonds. The molecule has 0 aromatic heterocycles. The third-order valence-corrected chi connectivity index (χ3v) is 20.0.